The Morgan fingerprint density at radius 3 is 2.00 bits per heavy atom. The molecule has 0 saturated carbocycles. The van der Waals surface area contributed by atoms with Crippen molar-refractivity contribution < 1.29 is 23.9 Å². The van der Waals surface area contributed by atoms with E-state index in [1.165, 1.54) is 0 Å². The minimum Gasteiger partial charge on any atom is -0.471 e. The average Bonchev–Trinajstić information content (AvgIpc) is 2.11. The van der Waals surface area contributed by atoms with Crippen molar-refractivity contribution in [1.29, 1.82) is 0 Å². The van der Waals surface area contributed by atoms with Gasteiger partial charge in [0, 0.05) is 59.1 Å². The molecule has 0 aromatic heterocycles. The molecule has 1 atom stereocenters. The molecular formula is C9H11Na2O5P. The van der Waals surface area contributed by atoms with Crippen LogP contribution in [0.15, 0.2) is 18.2 Å². The number of hydrogen-bond donors (Lipinski definition) is 2. The Bertz CT molecular complexity index is 429. The maximum atomic E-state index is 11.1. The third-order valence-electron chi connectivity index (χ3n) is 1.87. The van der Waals surface area contributed by atoms with Crippen LogP contribution < -0.4 is 4.52 Å². The zero-order chi connectivity index (χ0) is 11.6. The largest absolute Gasteiger partial charge is 0.485 e. The summed E-state index contributed by atoms with van der Waals surface area (Å²) in [7, 11) is -4.62. The predicted molar refractivity (Wildman–Crippen MR) is 65.9 cm³/mol. The molecule has 17 heavy (non-hydrogen) atoms. The number of para-hydroxylation sites is 1. The van der Waals surface area contributed by atoms with E-state index in [9.17, 15) is 9.36 Å². The molecule has 0 aliphatic rings. The molecule has 1 aromatic rings. The van der Waals surface area contributed by atoms with E-state index in [4.69, 9.17) is 10.00 Å². The second-order valence-electron chi connectivity index (χ2n) is 3.12. The fraction of sp³-hybridized carbons (Fsp3) is 0.222. The summed E-state index contributed by atoms with van der Waals surface area (Å²) < 4.78 is 15.8. The first-order valence-corrected chi connectivity index (χ1v) is 5.74. The summed E-state index contributed by atoms with van der Waals surface area (Å²) in [6, 6.07) is 5.09. The normalized spacial score (nSPS) is 12.6. The smallest absolute Gasteiger partial charge is 0.471 e. The van der Waals surface area contributed by atoms with Gasteiger partial charge in [0.25, 0.3) is 0 Å². The van der Waals surface area contributed by atoms with Crippen molar-refractivity contribution in [3.8, 4) is 5.75 Å². The van der Waals surface area contributed by atoms with Crippen LogP contribution in [0.3, 0.4) is 0 Å². The van der Waals surface area contributed by atoms with Crippen molar-refractivity contribution in [1.82, 2.24) is 0 Å². The molecule has 0 aliphatic heterocycles. The van der Waals surface area contributed by atoms with Gasteiger partial charge in [-0.1, -0.05) is 18.2 Å². The van der Waals surface area contributed by atoms with Gasteiger partial charge in [0.05, 0.1) is 0 Å². The molecule has 1 aromatic carbocycles. The Hall–Kier alpha value is 0.680. The van der Waals surface area contributed by atoms with Crippen molar-refractivity contribution in [2.24, 2.45) is 0 Å². The van der Waals surface area contributed by atoms with Crippen LogP contribution in [0.2, 0.25) is 0 Å². The van der Waals surface area contributed by atoms with Crippen molar-refractivity contribution in [3.63, 3.8) is 0 Å². The first-order chi connectivity index (χ1) is 6.84. The van der Waals surface area contributed by atoms with E-state index in [0.717, 1.165) is 0 Å². The summed E-state index contributed by atoms with van der Waals surface area (Å²) in [5.74, 6) is 0.144. The summed E-state index contributed by atoms with van der Waals surface area (Å²) in [4.78, 5) is 19.4. The number of carbonyl (C=O) groups is 1. The van der Waals surface area contributed by atoms with Crippen LogP contribution in [0.5, 0.6) is 5.75 Å². The Morgan fingerprint density at radius 2 is 1.65 bits per heavy atom. The van der Waals surface area contributed by atoms with Gasteiger partial charge in [-0.15, -0.1) is 0 Å². The minimum absolute atomic E-state index is 0. The summed E-state index contributed by atoms with van der Waals surface area (Å²) in [5.41, 5.74) is -0.624. The van der Waals surface area contributed by atoms with Gasteiger partial charge in [0.1, 0.15) is 5.75 Å². The number of hydrogen-bond acceptors (Lipinski definition) is 3. The predicted octanol–water partition coefficient (Wildman–Crippen LogP) is 1.78. The molecule has 5 nitrogen and oxygen atoms in total. The van der Waals surface area contributed by atoms with Crippen molar-refractivity contribution in [2.45, 2.75) is 13.8 Å². The zero-order valence-corrected chi connectivity index (χ0v) is 15.2. The summed E-state index contributed by atoms with van der Waals surface area (Å²) >= 11 is 0. The van der Waals surface area contributed by atoms with Gasteiger partial charge in [-0.2, -0.15) is 0 Å². The Balaban J connectivity index is 0. The third-order valence-corrected chi connectivity index (χ3v) is 2.78. The standard InChI is InChI=1S/C9H11O5P.2Na/c1-6-4-3-5-7(2)8(6)14-15(12,13)9(10)11;;/h3-5H,1-2H3,(H,10,11)(H,12,13);;. The van der Waals surface area contributed by atoms with Crippen molar-refractivity contribution in [2.75, 3.05) is 0 Å². The molecule has 1 unspecified atom stereocenters. The Kier molecular flexibility index (Phi) is 9.38. The maximum absolute atomic E-state index is 11.1. The van der Waals surface area contributed by atoms with Crippen LogP contribution in [-0.2, 0) is 4.57 Å². The van der Waals surface area contributed by atoms with E-state index in [2.05, 4.69) is 4.52 Å². The first kappa shape index (κ1) is 20.0. The van der Waals surface area contributed by atoms with E-state index < -0.39 is 13.3 Å². The molecule has 84 valence electrons. The fourth-order valence-electron chi connectivity index (χ4n) is 1.11. The van der Waals surface area contributed by atoms with Gasteiger partial charge in [0.15, 0.2) is 0 Å². The van der Waals surface area contributed by atoms with Crippen LogP contribution in [0.1, 0.15) is 11.1 Å². The van der Waals surface area contributed by atoms with E-state index >= 15 is 0 Å². The average molecular weight is 276 g/mol. The molecule has 1 rings (SSSR count). The summed E-state index contributed by atoms with van der Waals surface area (Å²) in [5, 5.41) is 8.45. The number of benzene rings is 1. The fourth-order valence-corrected chi connectivity index (χ4v) is 1.72. The summed E-state index contributed by atoms with van der Waals surface area (Å²) in [6.45, 7) is 3.34. The van der Waals surface area contributed by atoms with Crippen LogP contribution in [0.25, 0.3) is 0 Å². The van der Waals surface area contributed by atoms with Gasteiger partial charge in [0.2, 0.25) is 0 Å². The van der Waals surface area contributed by atoms with Gasteiger partial charge in [-0.05, 0) is 25.0 Å². The molecule has 0 fully saturated rings. The van der Waals surface area contributed by atoms with E-state index in [1.54, 1.807) is 32.0 Å². The molecule has 8 heteroatoms. The quantitative estimate of drug-likeness (QED) is 0.649. The second kappa shape index (κ2) is 7.97. The topological polar surface area (TPSA) is 83.8 Å². The number of aryl methyl sites for hydroxylation is 2. The van der Waals surface area contributed by atoms with Crippen LogP contribution in [0, 0.1) is 13.8 Å². The number of carboxylic acid groups (broad SMARTS) is 1. The van der Waals surface area contributed by atoms with Crippen LogP contribution >= 0.6 is 7.60 Å². The third kappa shape index (κ3) is 5.45. The molecule has 0 aliphatic carbocycles. The van der Waals surface area contributed by atoms with E-state index in [1.807, 2.05) is 0 Å². The maximum Gasteiger partial charge on any atom is 0.485 e. The minimum atomic E-state index is -4.62. The zero-order valence-electron chi connectivity index (χ0n) is 10.3. The molecule has 2 N–H and O–H groups in total. The molecule has 0 spiro atoms. The van der Waals surface area contributed by atoms with E-state index in [0.29, 0.717) is 11.1 Å². The van der Waals surface area contributed by atoms with E-state index in [-0.39, 0.29) is 64.9 Å². The summed E-state index contributed by atoms with van der Waals surface area (Å²) in [6.07, 6.45) is 0. The second-order valence-corrected chi connectivity index (χ2v) is 4.72. The molecule has 0 bridgehead atoms. The number of rotatable bonds is 3. The molecule has 0 heterocycles. The first-order valence-electron chi connectivity index (χ1n) is 4.16. The van der Waals surface area contributed by atoms with Crippen molar-refractivity contribution in [3.05, 3.63) is 29.3 Å². The molecular weight excluding hydrogens is 265 g/mol. The van der Waals surface area contributed by atoms with Gasteiger partial charge < -0.3 is 14.5 Å². The van der Waals surface area contributed by atoms with Gasteiger partial charge in [-0.3, -0.25) is 0 Å². The van der Waals surface area contributed by atoms with Gasteiger partial charge in [-0.25, -0.2) is 9.36 Å². The molecule has 0 saturated heterocycles. The van der Waals surface area contributed by atoms with Crippen LogP contribution in [-0.4, -0.2) is 74.8 Å². The SMILES string of the molecule is Cc1cccc(C)c1OP(=O)(O)C(=O)O.[Na].[Na]. The Labute approximate surface area is 144 Å². The molecule has 0 amide bonds. The Morgan fingerprint density at radius 1 is 1.24 bits per heavy atom. The van der Waals surface area contributed by atoms with Crippen LogP contribution in [0.4, 0.5) is 4.79 Å². The van der Waals surface area contributed by atoms with Gasteiger partial charge >= 0.3 is 13.3 Å². The van der Waals surface area contributed by atoms with Crippen molar-refractivity contribution >= 4 is 72.4 Å². The molecule has 2 radical (unpaired) electrons. The monoisotopic (exact) mass is 276 g/mol.